The molecule has 3 aromatic rings. The molecule has 7 nitrogen and oxygen atoms in total. The van der Waals surface area contributed by atoms with Crippen LogP contribution in [0.1, 0.15) is 18.9 Å². The molecule has 0 radical (unpaired) electrons. The van der Waals surface area contributed by atoms with Gasteiger partial charge in [-0.2, -0.15) is 0 Å². The van der Waals surface area contributed by atoms with Crippen molar-refractivity contribution in [1.82, 2.24) is 15.1 Å². The predicted octanol–water partition coefficient (Wildman–Crippen LogP) is 4.25. The van der Waals surface area contributed by atoms with E-state index in [4.69, 9.17) is 5.11 Å². The number of alkyl halides is 3. The summed E-state index contributed by atoms with van der Waals surface area (Å²) >= 11 is 0. The van der Waals surface area contributed by atoms with Gasteiger partial charge in [-0.05, 0) is 43.2 Å². The van der Waals surface area contributed by atoms with Crippen molar-refractivity contribution in [3.63, 3.8) is 0 Å². The van der Waals surface area contributed by atoms with Gasteiger partial charge in [0.2, 0.25) is 5.91 Å². The minimum absolute atomic E-state index is 0.244. The Bertz CT molecular complexity index is 1100. The summed E-state index contributed by atoms with van der Waals surface area (Å²) in [7, 11) is 0. The van der Waals surface area contributed by atoms with Crippen LogP contribution in [0.3, 0.4) is 0 Å². The Hall–Kier alpha value is -3.37. The molecule has 0 saturated carbocycles. The van der Waals surface area contributed by atoms with Crippen LogP contribution in [0.25, 0.3) is 16.9 Å². The lowest BCUT2D eigenvalue weighted by Gasteiger charge is -2.13. The van der Waals surface area contributed by atoms with E-state index >= 15 is 0 Å². The standard InChI is InChI=1S/C23H25F3N4O3/c1-3-16(13-27-14-31)22(32)28-21-12-20(30(29-21)18-8-4-6-15(2)10-18)17-7-5-9-19(11-17)33-23(24,25)26/h4-12,16,27,31H,3,13-14H2,1-2H3,(H,28,29,32)/t16-/m1/s1. The molecule has 3 N–H and O–H groups in total. The number of anilines is 1. The van der Waals surface area contributed by atoms with Gasteiger partial charge in [-0.1, -0.05) is 31.2 Å². The van der Waals surface area contributed by atoms with E-state index in [1.54, 1.807) is 16.8 Å². The van der Waals surface area contributed by atoms with Crippen LogP contribution in [0, 0.1) is 12.8 Å². The molecule has 0 aliphatic carbocycles. The summed E-state index contributed by atoms with van der Waals surface area (Å²) in [6, 6.07) is 14.6. The summed E-state index contributed by atoms with van der Waals surface area (Å²) < 4.78 is 43.7. The van der Waals surface area contributed by atoms with Crippen LogP contribution in [0.4, 0.5) is 19.0 Å². The van der Waals surface area contributed by atoms with E-state index in [9.17, 15) is 18.0 Å². The molecule has 10 heteroatoms. The Balaban J connectivity index is 2.00. The number of rotatable bonds is 9. The van der Waals surface area contributed by atoms with Crippen molar-refractivity contribution >= 4 is 11.7 Å². The van der Waals surface area contributed by atoms with Gasteiger partial charge in [0.15, 0.2) is 5.82 Å². The van der Waals surface area contributed by atoms with Crippen molar-refractivity contribution in [3.05, 3.63) is 60.2 Å². The number of benzene rings is 2. The smallest absolute Gasteiger partial charge is 0.406 e. The Kier molecular flexibility index (Phi) is 7.72. The molecule has 0 spiro atoms. The molecule has 2 aromatic carbocycles. The first kappa shape index (κ1) is 24.3. The molecule has 176 valence electrons. The Morgan fingerprint density at radius 2 is 1.94 bits per heavy atom. The molecule has 0 aliphatic rings. The number of halogens is 3. The van der Waals surface area contributed by atoms with Crippen molar-refractivity contribution in [2.45, 2.75) is 26.6 Å². The maximum Gasteiger partial charge on any atom is 0.573 e. The van der Waals surface area contributed by atoms with Crippen LogP contribution in [0.5, 0.6) is 5.75 Å². The van der Waals surface area contributed by atoms with Gasteiger partial charge >= 0.3 is 6.36 Å². The number of aryl methyl sites for hydroxylation is 1. The fourth-order valence-corrected chi connectivity index (χ4v) is 3.35. The quantitative estimate of drug-likeness (QED) is 0.414. The van der Waals surface area contributed by atoms with Gasteiger partial charge in [0.05, 0.1) is 24.0 Å². The second-order valence-electron chi connectivity index (χ2n) is 7.45. The van der Waals surface area contributed by atoms with Gasteiger partial charge in [0, 0.05) is 18.2 Å². The van der Waals surface area contributed by atoms with Crippen molar-refractivity contribution in [3.8, 4) is 22.7 Å². The minimum atomic E-state index is -4.81. The largest absolute Gasteiger partial charge is 0.573 e. The van der Waals surface area contributed by atoms with Gasteiger partial charge < -0.3 is 15.2 Å². The molecule has 1 heterocycles. The monoisotopic (exact) mass is 462 g/mol. The minimum Gasteiger partial charge on any atom is -0.406 e. The molecule has 0 bridgehead atoms. The number of aliphatic hydroxyl groups is 1. The van der Waals surface area contributed by atoms with E-state index in [-0.39, 0.29) is 24.2 Å². The molecular formula is C23H25F3N4O3. The summed E-state index contributed by atoms with van der Waals surface area (Å²) in [4.78, 5) is 12.7. The molecule has 0 saturated heterocycles. The number of carbonyl (C=O) groups excluding carboxylic acids is 1. The lowest BCUT2D eigenvalue weighted by atomic mass is 10.1. The van der Waals surface area contributed by atoms with E-state index in [0.29, 0.717) is 29.9 Å². The number of aliphatic hydroxyl groups excluding tert-OH is 1. The summed E-state index contributed by atoms with van der Waals surface area (Å²) in [6.07, 6.45) is -4.27. The highest BCUT2D eigenvalue weighted by Gasteiger charge is 2.31. The maximum absolute atomic E-state index is 12.7. The molecule has 3 rings (SSSR count). The van der Waals surface area contributed by atoms with Crippen LogP contribution in [0.2, 0.25) is 0 Å². The van der Waals surface area contributed by atoms with Crippen molar-refractivity contribution in [1.29, 1.82) is 0 Å². The average molecular weight is 462 g/mol. The van der Waals surface area contributed by atoms with Crippen LogP contribution in [0.15, 0.2) is 54.6 Å². The molecule has 0 unspecified atom stereocenters. The molecule has 0 fully saturated rings. The molecular weight excluding hydrogens is 437 g/mol. The second kappa shape index (κ2) is 10.5. The normalized spacial score (nSPS) is 12.4. The Labute approximate surface area is 189 Å². The van der Waals surface area contributed by atoms with E-state index in [1.165, 1.54) is 18.2 Å². The number of amides is 1. The third kappa shape index (κ3) is 6.56. The maximum atomic E-state index is 12.7. The molecule has 33 heavy (non-hydrogen) atoms. The number of carbonyl (C=O) groups is 1. The number of aromatic nitrogens is 2. The molecule has 1 atom stereocenters. The highest BCUT2D eigenvalue weighted by molar-refractivity contribution is 5.92. The predicted molar refractivity (Wildman–Crippen MR) is 118 cm³/mol. The number of ether oxygens (including phenoxy) is 1. The van der Waals surface area contributed by atoms with Gasteiger partial charge in [-0.15, -0.1) is 18.3 Å². The zero-order valence-corrected chi connectivity index (χ0v) is 18.2. The van der Waals surface area contributed by atoms with Crippen molar-refractivity contribution in [2.24, 2.45) is 5.92 Å². The highest BCUT2D eigenvalue weighted by Crippen LogP contribution is 2.31. The van der Waals surface area contributed by atoms with Crippen LogP contribution in [-0.2, 0) is 4.79 Å². The van der Waals surface area contributed by atoms with Crippen LogP contribution in [-0.4, -0.2) is 40.4 Å². The lowest BCUT2D eigenvalue weighted by Crippen LogP contribution is -2.32. The highest BCUT2D eigenvalue weighted by atomic mass is 19.4. The number of hydrogen-bond donors (Lipinski definition) is 3. The van der Waals surface area contributed by atoms with Gasteiger partial charge in [0.1, 0.15) is 5.75 Å². The molecule has 0 aliphatic heterocycles. The first-order valence-electron chi connectivity index (χ1n) is 10.4. The fourth-order valence-electron chi connectivity index (χ4n) is 3.35. The Morgan fingerprint density at radius 1 is 1.18 bits per heavy atom. The third-order valence-corrected chi connectivity index (χ3v) is 4.94. The van der Waals surface area contributed by atoms with Crippen LogP contribution < -0.4 is 15.4 Å². The van der Waals surface area contributed by atoms with Crippen molar-refractivity contribution in [2.75, 3.05) is 18.6 Å². The third-order valence-electron chi connectivity index (χ3n) is 4.94. The Morgan fingerprint density at radius 3 is 2.61 bits per heavy atom. The van der Waals surface area contributed by atoms with Crippen molar-refractivity contribution < 1.29 is 27.8 Å². The second-order valence-corrected chi connectivity index (χ2v) is 7.45. The lowest BCUT2D eigenvalue weighted by molar-refractivity contribution is -0.274. The van der Waals surface area contributed by atoms with Gasteiger partial charge in [-0.25, -0.2) is 4.68 Å². The number of nitrogens with one attached hydrogen (secondary N) is 2. The average Bonchev–Trinajstić information content (AvgIpc) is 3.17. The number of nitrogens with zero attached hydrogens (tertiary/aromatic N) is 2. The zero-order chi connectivity index (χ0) is 24.0. The number of hydrogen-bond acceptors (Lipinski definition) is 5. The SMILES string of the molecule is CC[C@H](CNCO)C(=O)Nc1cc(-c2cccc(OC(F)(F)F)c2)n(-c2cccc(C)c2)n1. The molecule has 1 amide bonds. The fraction of sp³-hybridized carbons (Fsp3) is 0.304. The van der Waals surface area contributed by atoms with E-state index < -0.39 is 12.3 Å². The van der Waals surface area contributed by atoms with E-state index in [0.717, 1.165) is 5.56 Å². The van der Waals surface area contributed by atoms with Crippen LogP contribution >= 0.6 is 0 Å². The van der Waals surface area contributed by atoms with E-state index in [1.807, 2.05) is 38.1 Å². The van der Waals surface area contributed by atoms with Gasteiger partial charge in [-0.3, -0.25) is 10.1 Å². The van der Waals surface area contributed by atoms with Gasteiger partial charge in [0.25, 0.3) is 0 Å². The molecule has 1 aromatic heterocycles. The first-order valence-corrected chi connectivity index (χ1v) is 10.4. The summed E-state index contributed by atoms with van der Waals surface area (Å²) in [5.41, 5.74) is 2.56. The summed E-state index contributed by atoms with van der Waals surface area (Å²) in [5.74, 6) is -0.786. The first-order chi connectivity index (χ1) is 15.7. The topological polar surface area (TPSA) is 88.4 Å². The summed E-state index contributed by atoms with van der Waals surface area (Å²) in [6.45, 7) is 3.81. The van der Waals surface area contributed by atoms with E-state index in [2.05, 4.69) is 20.5 Å². The zero-order valence-electron chi connectivity index (χ0n) is 18.2. The summed E-state index contributed by atoms with van der Waals surface area (Å²) in [5, 5.41) is 18.9.